The maximum absolute atomic E-state index is 12.9. The second-order valence-electron chi connectivity index (χ2n) is 7.16. The molecule has 6 nitrogen and oxygen atoms in total. The van der Waals surface area contributed by atoms with Gasteiger partial charge in [0.2, 0.25) is 5.91 Å². The van der Waals surface area contributed by atoms with Gasteiger partial charge in [0.15, 0.2) is 0 Å². The average molecular weight is 378 g/mol. The number of halogens is 1. The summed E-state index contributed by atoms with van der Waals surface area (Å²) in [5, 5.41) is 5.82. The number of nitrogens with zero attached hydrogens (tertiary/aromatic N) is 2. The highest BCUT2D eigenvalue weighted by molar-refractivity contribution is 5.92. The summed E-state index contributed by atoms with van der Waals surface area (Å²) in [6.45, 7) is 7.02. The van der Waals surface area contributed by atoms with Crippen molar-refractivity contribution >= 4 is 17.6 Å². The number of nitrogens with one attached hydrogen (secondary N) is 2. The molecule has 2 rings (SSSR count). The molecule has 1 atom stereocenters. The Labute approximate surface area is 161 Å². The van der Waals surface area contributed by atoms with Crippen LogP contribution in [-0.2, 0) is 4.79 Å². The van der Waals surface area contributed by atoms with Crippen LogP contribution in [0, 0.1) is 5.82 Å². The predicted octanol–water partition coefficient (Wildman–Crippen LogP) is 3.06. The number of anilines is 1. The Bertz CT molecular complexity index is 601. The molecule has 0 aliphatic carbocycles. The minimum absolute atomic E-state index is 0.0191. The number of unbranched alkanes of at least 4 members (excludes halogenated alkanes) is 2. The summed E-state index contributed by atoms with van der Waals surface area (Å²) in [4.78, 5) is 28.3. The lowest BCUT2D eigenvalue weighted by molar-refractivity contribution is -0.117. The highest BCUT2D eigenvalue weighted by atomic mass is 19.1. The number of benzene rings is 1. The maximum atomic E-state index is 12.9. The van der Waals surface area contributed by atoms with Gasteiger partial charge in [0.05, 0.1) is 6.54 Å². The van der Waals surface area contributed by atoms with Crippen LogP contribution in [0.3, 0.4) is 0 Å². The normalized spacial score (nSPS) is 16.0. The molecule has 1 aromatic rings. The number of carbonyl (C=O) groups excluding carboxylic acids is 2. The zero-order chi connectivity index (χ0) is 19.6. The van der Waals surface area contributed by atoms with E-state index in [9.17, 15) is 14.0 Å². The molecular weight excluding hydrogens is 347 g/mol. The number of hydrogen-bond donors (Lipinski definition) is 2. The summed E-state index contributed by atoms with van der Waals surface area (Å²) >= 11 is 0. The number of urea groups is 1. The molecule has 3 amide bonds. The SMILES string of the molecule is CCCCCC(C)NC(=O)N1CCN(CC(=O)Nc2ccc(F)cc2)CC1. The van der Waals surface area contributed by atoms with Crippen molar-refractivity contribution in [2.75, 3.05) is 38.0 Å². The van der Waals surface area contributed by atoms with Crippen LogP contribution in [0.5, 0.6) is 0 Å². The van der Waals surface area contributed by atoms with Crippen LogP contribution in [-0.4, -0.2) is 60.5 Å². The van der Waals surface area contributed by atoms with Gasteiger partial charge in [-0.3, -0.25) is 9.69 Å². The van der Waals surface area contributed by atoms with E-state index >= 15 is 0 Å². The van der Waals surface area contributed by atoms with E-state index in [1.54, 1.807) is 0 Å². The largest absolute Gasteiger partial charge is 0.336 e. The highest BCUT2D eigenvalue weighted by Gasteiger charge is 2.23. The van der Waals surface area contributed by atoms with Gasteiger partial charge in [-0.05, 0) is 37.6 Å². The summed E-state index contributed by atoms with van der Waals surface area (Å²) in [5.41, 5.74) is 0.580. The van der Waals surface area contributed by atoms with Crippen LogP contribution >= 0.6 is 0 Å². The van der Waals surface area contributed by atoms with Gasteiger partial charge in [0.1, 0.15) is 5.82 Å². The number of rotatable bonds is 8. The van der Waals surface area contributed by atoms with Crippen molar-refractivity contribution in [3.8, 4) is 0 Å². The van der Waals surface area contributed by atoms with E-state index in [1.165, 1.54) is 37.1 Å². The summed E-state index contributed by atoms with van der Waals surface area (Å²) in [5.74, 6) is -0.467. The van der Waals surface area contributed by atoms with Crippen LogP contribution in [0.4, 0.5) is 14.9 Å². The Morgan fingerprint density at radius 2 is 1.78 bits per heavy atom. The van der Waals surface area contributed by atoms with Crippen LogP contribution < -0.4 is 10.6 Å². The molecule has 0 aromatic heterocycles. The molecule has 0 saturated carbocycles. The first-order valence-electron chi connectivity index (χ1n) is 9.81. The second-order valence-corrected chi connectivity index (χ2v) is 7.16. The van der Waals surface area contributed by atoms with E-state index in [1.807, 2.05) is 16.7 Å². The molecular formula is C20H31FN4O2. The standard InChI is InChI=1S/C20H31FN4O2/c1-3-4-5-6-16(2)22-20(27)25-13-11-24(12-14-25)15-19(26)23-18-9-7-17(21)8-10-18/h7-10,16H,3-6,11-15H2,1-2H3,(H,22,27)(H,23,26). The van der Waals surface area contributed by atoms with E-state index in [-0.39, 0.29) is 30.3 Å². The molecule has 1 aliphatic rings. The molecule has 0 radical (unpaired) electrons. The number of amides is 3. The molecule has 2 N–H and O–H groups in total. The van der Waals surface area contributed by atoms with Crippen molar-refractivity contribution in [1.29, 1.82) is 0 Å². The molecule has 150 valence electrons. The third kappa shape index (κ3) is 7.54. The van der Waals surface area contributed by atoms with Gasteiger partial charge in [0.25, 0.3) is 0 Å². The van der Waals surface area contributed by atoms with Crippen molar-refractivity contribution in [3.05, 3.63) is 30.1 Å². The zero-order valence-corrected chi connectivity index (χ0v) is 16.3. The summed E-state index contributed by atoms with van der Waals surface area (Å²) in [6, 6.07) is 5.87. The summed E-state index contributed by atoms with van der Waals surface area (Å²) in [7, 11) is 0. The fourth-order valence-corrected chi connectivity index (χ4v) is 3.12. The first-order chi connectivity index (χ1) is 13.0. The van der Waals surface area contributed by atoms with Crippen LogP contribution in [0.15, 0.2) is 24.3 Å². The van der Waals surface area contributed by atoms with Crippen molar-refractivity contribution in [3.63, 3.8) is 0 Å². The lowest BCUT2D eigenvalue weighted by Gasteiger charge is -2.34. The molecule has 1 aliphatic heterocycles. The Morgan fingerprint density at radius 1 is 1.11 bits per heavy atom. The first kappa shape index (κ1) is 21.2. The predicted molar refractivity (Wildman–Crippen MR) is 105 cm³/mol. The maximum Gasteiger partial charge on any atom is 0.317 e. The molecule has 1 unspecified atom stereocenters. The topological polar surface area (TPSA) is 64.7 Å². The molecule has 27 heavy (non-hydrogen) atoms. The fourth-order valence-electron chi connectivity index (χ4n) is 3.12. The molecule has 1 aromatic carbocycles. The van der Waals surface area contributed by atoms with E-state index in [2.05, 4.69) is 17.6 Å². The smallest absolute Gasteiger partial charge is 0.317 e. The molecule has 0 bridgehead atoms. The van der Waals surface area contributed by atoms with Gasteiger partial charge in [-0.15, -0.1) is 0 Å². The number of piperazine rings is 1. The quantitative estimate of drug-likeness (QED) is 0.684. The molecule has 7 heteroatoms. The Morgan fingerprint density at radius 3 is 2.41 bits per heavy atom. The lowest BCUT2D eigenvalue weighted by Crippen LogP contribution is -2.54. The van der Waals surface area contributed by atoms with Crippen molar-refractivity contribution in [2.24, 2.45) is 0 Å². The second kappa shape index (κ2) is 10.9. The minimum Gasteiger partial charge on any atom is -0.336 e. The van der Waals surface area contributed by atoms with Crippen LogP contribution in [0.2, 0.25) is 0 Å². The van der Waals surface area contributed by atoms with Gasteiger partial charge >= 0.3 is 6.03 Å². The van der Waals surface area contributed by atoms with Gasteiger partial charge < -0.3 is 15.5 Å². The summed E-state index contributed by atoms with van der Waals surface area (Å²) < 4.78 is 12.9. The van der Waals surface area contributed by atoms with Crippen LogP contribution in [0.1, 0.15) is 39.5 Å². The number of carbonyl (C=O) groups is 2. The molecule has 1 fully saturated rings. The molecule has 1 saturated heterocycles. The Kier molecular flexibility index (Phi) is 8.51. The monoisotopic (exact) mass is 378 g/mol. The van der Waals surface area contributed by atoms with Gasteiger partial charge in [0, 0.05) is 37.9 Å². The van der Waals surface area contributed by atoms with Gasteiger partial charge in [-0.1, -0.05) is 26.2 Å². The summed E-state index contributed by atoms with van der Waals surface area (Å²) in [6.07, 6.45) is 4.51. The van der Waals surface area contributed by atoms with E-state index in [4.69, 9.17) is 0 Å². The third-order valence-corrected chi connectivity index (χ3v) is 4.77. The third-order valence-electron chi connectivity index (χ3n) is 4.77. The van der Waals surface area contributed by atoms with Crippen molar-refractivity contribution < 1.29 is 14.0 Å². The Hall–Kier alpha value is -2.15. The highest BCUT2D eigenvalue weighted by Crippen LogP contribution is 2.09. The van der Waals surface area contributed by atoms with Crippen LogP contribution in [0.25, 0.3) is 0 Å². The van der Waals surface area contributed by atoms with E-state index < -0.39 is 0 Å². The van der Waals surface area contributed by atoms with E-state index in [0.717, 1.165) is 12.8 Å². The van der Waals surface area contributed by atoms with Gasteiger partial charge in [-0.2, -0.15) is 0 Å². The molecule has 0 spiro atoms. The first-order valence-corrected chi connectivity index (χ1v) is 9.81. The van der Waals surface area contributed by atoms with E-state index in [0.29, 0.717) is 31.9 Å². The Balaban J connectivity index is 1.67. The minimum atomic E-state index is -0.331. The number of hydrogen-bond acceptors (Lipinski definition) is 3. The fraction of sp³-hybridized carbons (Fsp3) is 0.600. The zero-order valence-electron chi connectivity index (χ0n) is 16.3. The lowest BCUT2D eigenvalue weighted by atomic mass is 10.1. The van der Waals surface area contributed by atoms with Crippen molar-refractivity contribution in [1.82, 2.24) is 15.1 Å². The van der Waals surface area contributed by atoms with Crippen molar-refractivity contribution in [2.45, 2.75) is 45.6 Å². The average Bonchev–Trinajstić information content (AvgIpc) is 2.64. The molecule has 1 heterocycles. The van der Waals surface area contributed by atoms with Gasteiger partial charge in [-0.25, -0.2) is 9.18 Å².